The lowest BCUT2D eigenvalue weighted by Crippen LogP contribution is -2.43. The van der Waals surface area contributed by atoms with Crippen LogP contribution in [0.25, 0.3) is 0 Å². The molecule has 1 aromatic carbocycles. The Hall–Kier alpha value is -1.12. The lowest BCUT2D eigenvalue weighted by Gasteiger charge is -2.39. The van der Waals surface area contributed by atoms with Crippen LogP contribution < -0.4 is 0 Å². The monoisotopic (exact) mass is 278 g/mol. The second-order valence-corrected chi connectivity index (χ2v) is 7.93. The van der Waals surface area contributed by atoms with Gasteiger partial charge in [0.25, 0.3) is 0 Å². The van der Waals surface area contributed by atoms with Gasteiger partial charge in [0.15, 0.2) is 0 Å². The van der Waals surface area contributed by atoms with Crippen LogP contribution in [0.1, 0.15) is 29.8 Å². The van der Waals surface area contributed by atoms with E-state index in [2.05, 4.69) is 36.4 Å². The Labute approximate surface area is 124 Å². The summed E-state index contributed by atoms with van der Waals surface area (Å²) >= 11 is 0. The number of hydrogen-bond donors (Lipinski definition) is 0. The quantitative estimate of drug-likeness (QED) is 0.678. The summed E-state index contributed by atoms with van der Waals surface area (Å²) in [6, 6.07) is 8.88. The third-order valence-corrected chi connectivity index (χ3v) is 7.46. The molecule has 1 aromatic rings. The molecular weight excluding hydrogens is 260 g/mol. The molecule has 6 aliphatic rings. The predicted octanol–water partition coefficient (Wildman–Crippen LogP) is 3.26. The van der Waals surface area contributed by atoms with Crippen LogP contribution in [0.3, 0.4) is 0 Å². The average molecular weight is 278 g/mol. The molecule has 0 unspecified atom stereocenters. The Morgan fingerprint density at radius 2 is 1.29 bits per heavy atom. The summed E-state index contributed by atoms with van der Waals surface area (Å²) in [4.78, 5) is 0. The number of benzene rings is 1. The van der Waals surface area contributed by atoms with Gasteiger partial charge in [-0.3, -0.25) is 0 Å². The van der Waals surface area contributed by atoms with Crippen LogP contribution in [-0.2, 0) is 9.47 Å². The molecular formula is C19H18O2. The van der Waals surface area contributed by atoms with E-state index >= 15 is 0 Å². The minimum Gasteiger partial charge on any atom is -0.374 e. The van der Waals surface area contributed by atoms with E-state index in [9.17, 15) is 0 Å². The molecule has 106 valence electrons. The van der Waals surface area contributed by atoms with Crippen molar-refractivity contribution in [2.24, 2.45) is 35.5 Å². The van der Waals surface area contributed by atoms with Crippen molar-refractivity contribution < 1.29 is 9.47 Å². The smallest absolute Gasteiger partial charge is 0.0894 e. The molecule has 4 heterocycles. The van der Waals surface area contributed by atoms with Gasteiger partial charge in [0.2, 0.25) is 0 Å². The van der Waals surface area contributed by atoms with E-state index in [-0.39, 0.29) is 0 Å². The molecule has 0 amide bonds. The van der Waals surface area contributed by atoms with Crippen molar-refractivity contribution in [3.63, 3.8) is 0 Å². The van der Waals surface area contributed by atoms with Crippen molar-refractivity contribution in [1.29, 1.82) is 0 Å². The van der Waals surface area contributed by atoms with E-state index in [1.807, 2.05) is 0 Å². The van der Waals surface area contributed by atoms with Crippen LogP contribution in [-0.4, -0.2) is 12.2 Å². The first kappa shape index (κ1) is 10.6. The van der Waals surface area contributed by atoms with Gasteiger partial charge in [0.1, 0.15) is 0 Å². The molecule has 2 nitrogen and oxygen atoms in total. The normalized spacial score (nSPS) is 59.6. The van der Waals surface area contributed by atoms with Crippen molar-refractivity contribution in [1.82, 2.24) is 0 Å². The first-order valence-corrected chi connectivity index (χ1v) is 8.50. The number of ether oxygens (including phenoxy) is 2. The van der Waals surface area contributed by atoms with Crippen LogP contribution in [0.4, 0.5) is 0 Å². The van der Waals surface area contributed by atoms with E-state index in [4.69, 9.17) is 9.47 Å². The third kappa shape index (κ3) is 0.959. The Morgan fingerprint density at radius 1 is 0.714 bits per heavy atom. The van der Waals surface area contributed by atoms with Crippen LogP contribution >= 0.6 is 0 Å². The topological polar surface area (TPSA) is 18.5 Å². The highest BCUT2D eigenvalue weighted by Gasteiger charge is 2.72. The summed E-state index contributed by atoms with van der Waals surface area (Å²) in [7, 11) is 0. The maximum absolute atomic E-state index is 6.58. The zero-order chi connectivity index (χ0) is 13.3. The minimum atomic E-state index is 0.315. The fraction of sp³-hybridized carbons (Fsp3) is 0.579. The van der Waals surface area contributed by atoms with Crippen molar-refractivity contribution in [2.45, 2.75) is 30.8 Å². The summed E-state index contributed by atoms with van der Waals surface area (Å²) in [6.07, 6.45) is 7.92. The third-order valence-electron chi connectivity index (χ3n) is 7.46. The second-order valence-electron chi connectivity index (χ2n) is 7.93. The standard InChI is InChI=1S/C19H18O2/c1-2-4-11-10(3-1)16-14-15(17(11)20-16)19-13-9-6-5-8(7-9)12(13)18(14)21-19/h1-6,8-9,12-19H,7H2/t8-,9+,12+,13-,14+,15-,16-,17+,18+,19-. The molecule has 1 saturated carbocycles. The van der Waals surface area contributed by atoms with Crippen LogP contribution in [0.5, 0.6) is 0 Å². The first-order valence-electron chi connectivity index (χ1n) is 8.50. The molecule has 10 atom stereocenters. The predicted molar refractivity (Wildman–Crippen MR) is 76.4 cm³/mol. The number of fused-ring (bicyclic) bond motifs is 19. The molecule has 4 fully saturated rings. The maximum Gasteiger partial charge on any atom is 0.0894 e. The van der Waals surface area contributed by atoms with E-state index in [0.717, 1.165) is 23.7 Å². The van der Waals surface area contributed by atoms with Crippen LogP contribution in [0, 0.1) is 35.5 Å². The van der Waals surface area contributed by atoms with E-state index in [1.54, 1.807) is 0 Å². The van der Waals surface area contributed by atoms with Crippen molar-refractivity contribution >= 4 is 0 Å². The molecule has 6 bridgehead atoms. The van der Waals surface area contributed by atoms with Gasteiger partial charge in [-0.2, -0.15) is 0 Å². The SMILES string of the molecule is C1=C[C@H]2C[C@@H]1[C@@H]1[C@@H]3O[C@@H]([C@@H]4[C@H]3[C@@H]3O[C@H]4c4ccccc43)[C@@H]12. The van der Waals surface area contributed by atoms with Gasteiger partial charge in [-0.1, -0.05) is 36.4 Å². The zero-order valence-electron chi connectivity index (χ0n) is 11.8. The molecule has 4 aliphatic heterocycles. The molecule has 21 heavy (non-hydrogen) atoms. The zero-order valence-corrected chi connectivity index (χ0v) is 11.8. The van der Waals surface area contributed by atoms with Crippen LogP contribution in [0.15, 0.2) is 36.4 Å². The highest BCUT2D eigenvalue weighted by Crippen LogP contribution is 2.72. The maximum atomic E-state index is 6.58. The summed E-state index contributed by atoms with van der Waals surface area (Å²) in [5, 5.41) is 0. The molecule has 2 heteroatoms. The second kappa shape index (κ2) is 3.13. The molecule has 7 rings (SSSR count). The molecule has 0 radical (unpaired) electrons. The van der Waals surface area contributed by atoms with Gasteiger partial charge >= 0.3 is 0 Å². The average Bonchev–Trinajstić information content (AvgIpc) is 3.30. The van der Waals surface area contributed by atoms with E-state index < -0.39 is 0 Å². The lowest BCUT2D eigenvalue weighted by molar-refractivity contribution is -0.0243. The first-order chi connectivity index (χ1) is 10.4. The highest BCUT2D eigenvalue weighted by molar-refractivity contribution is 5.42. The van der Waals surface area contributed by atoms with Crippen molar-refractivity contribution in [3.8, 4) is 0 Å². The number of hydrogen-bond acceptors (Lipinski definition) is 2. The number of allylic oxidation sites excluding steroid dienone is 2. The van der Waals surface area contributed by atoms with Gasteiger partial charge in [-0.15, -0.1) is 0 Å². The number of rotatable bonds is 0. The van der Waals surface area contributed by atoms with E-state index in [0.29, 0.717) is 36.3 Å². The molecule has 3 saturated heterocycles. The molecule has 2 aliphatic carbocycles. The van der Waals surface area contributed by atoms with Gasteiger partial charge in [-0.25, -0.2) is 0 Å². The van der Waals surface area contributed by atoms with Gasteiger partial charge in [0, 0.05) is 11.8 Å². The summed E-state index contributed by atoms with van der Waals surface area (Å²) in [6.45, 7) is 0. The summed E-state index contributed by atoms with van der Waals surface area (Å²) in [5.74, 6) is 4.44. The Bertz CT molecular complexity index is 640. The molecule has 0 spiro atoms. The van der Waals surface area contributed by atoms with Crippen LogP contribution in [0.2, 0.25) is 0 Å². The Kier molecular flexibility index (Phi) is 1.58. The van der Waals surface area contributed by atoms with Crippen molar-refractivity contribution in [2.75, 3.05) is 0 Å². The van der Waals surface area contributed by atoms with E-state index in [1.165, 1.54) is 17.5 Å². The fourth-order valence-corrected chi connectivity index (χ4v) is 7.00. The molecule has 0 N–H and O–H groups in total. The minimum absolute atomic E-state index is 0.315. The van der Waals surface area contributed by atoms with Crippen molar-refractivity contribution in [3.05, 3.63) is 47.5 Å². The molecule has 0 aromatic heterocycles. The largest absolute Gasteiger partial charge is 0.374 e. The van der Waals surface area contributed by atoms with Gasteiger partial charge in [-0.05, 0) is 41.2 Å². The van der Waals surface area contributed by atoms with Gasteiger partial charge in [0.05, 0.1) is 24.4 Å². The lowest BCUT2D eigenvalue weighted by atomic mass is 9.60. The Morgan fingerprint density at radius 3 is 1.86 bits per heavy atom. The Balaban J connectivity index is 1.40. The highest BCUT2D eigenvalue weighted by atomic mass is 16.5. The van der Waals surface area contributed by atoms with Gasteiger partial charge < -0.3 is 9.47 Å². The summed E-state index contributed by atoms with van der Waals surface area (Å²) < 4.78 is 13.0. The summed E-state index contributed by atoms with van der Waals surface area (Å²) in [5.41, 5.74) is 2.91. The fourth-order valence-electron chi connectivity index (χ4n) is 7.00.